The van der Waals surface area contributed by atoms with Crippen LogP contribution in [0.1, 0.15) is 16.1 Å². The molecular formula is C15H13FN2O3. The number of carbonyl (C=O) groups excluding carboxylic acids is 1. The van der Waals surface area contributed by atoms with Crippen LogP contribution in [0.2, 0.25) is 0 Å². The Balaban J connectivity index is 2.10. The minimum Gasteiger partial charge on any atom is -0.480 e. The lowest BCUT2D eigenvalue weighted by molar-refractivity contribution is -0.139. The fourth-order valence-corrected chi connectivity index (χ4v) is 1.82. The third-order valence-corrected chi connectivity index (χ3v) is 2.83. The summed E-state index contributed by atoms with van der Waals surface area (Å²) in [5, 5.41) is 11.5. The summed E-state index contributed by atoms with van der Waals surface area (Å²) in [4.78, 5) is 26.5. The SMILES string of the molecule is O=C(N[C@@H](Cc1ccccc1)C(=O)O)c1cccc(F)n1. The summed E-state index contributed by atoms with van der Waals surface area (Å²) in [6.07, 6.45) is 0.136. The second kappa shape index (κ2) is 6.60. The lowest BCUT2D eigenvalue weighted by Crippen LogP contribution is -2.42. The number of carboxylic acid groups (broad SMARTS) is 1. The molecule has 1 aromatic heterocycles. The zero-order chi connectivity index (χ0) is 15.2. The minimum atomic E-state index is -1.16. The van der Waals surface area contributed by atoms with Gasteiger partial charge in [0.1, 0.15) is 11.7 Å². The minimum absolute atomic E-state index is 0.136. The van der Waals surface area contributed by atoms with E-state index in [0.29, 0.717) is 0 Å². The molecule has 0 radical (unpaired) electrons. The van der Waals surface area contributed by atoms with Crippen LogP contribution >= 0.6 is 0 Å². The molecule has 0 unspecified atom stereocenters. The van der Waals surface area contributed by atoms with Gasteiger partial charge in [0.25, 0.3) is 5.91 Å². The quantitative estimate of drug-likeness (QED) is 0.820. The molecule has 0 aliphatic heterocycles. The van der Waals surface area contributed by atoms with Crippen molar-refractivity contribution in [3.8, 4) is 0 Å². The topological polar surface area (TPSA) is 79.3 Å². The third kappa shape index (κ3) is 4.10. The molecule has 1 aromatic carbocycles. The van der Waals surface area contributed by atoms with Gasteiger partial charge in [-0.05, 0) is 17.7 Å². The predicted octanol–water partition coefficient (Wildman–Crippen LogP) is 1.65. The van der Waals surface area contributed by atoms with Crippen molar-refractivity contribution in [2.75, 3.05) is 0 Å². The van der Waals surface area contributed by atoms with Gasteiger partial charge < -0.3 is 10.4 Å². The molecule has 0 saturated carbocycles. The first kappa shape index (κ1) is 14.6. The van der Waals surface area contributed by atoms with Gasteiger partial charge in [0.05, 0.1) is 0 Å². The van der Waals surface area contributed by atoms with Crippen LogP contribution in [0.3, 0.4) is 0 Å². The number of hydrogen-bond donors (Lipinski definition) is 2. The zero-order valence-corrected chi connectivity index (χ0v) is 11.0. The van der Waals surface area contributed by atoms with Crippen molar-refractivity contribution in [2.24, 2.45) is 0 Å². The largest absolute Gasteiger partial charge is 0.480 e. The molecule has 108 valence electrons. The highest BCUT2D eigenvalue weighted by Crippen LogP contribution is 2.05. The van der Waals surface area contributed by atoms with Crippen LogP contribution in [0.25, 0.3) is 0 Å². The Morgan fingerprint density at radius 3 is 2.48 bits per heavy atom. The van der Waals surface area contributed by atoms with Crippen molar-refractivity contribution in [1.29, 1.82) is 0 Å². The van der Waals surface area contributed by atoms with E-state index in [9.17, 15) is 19.1 Å². The van der Waals surface area contributed by atoms with E-state index in [0.717, 1.165) is 11.6 Å². The van der Waals surface area contributed by atoms with E-state index in [-0.39, 0.29) is 12.1 Å². The second-order valence-corrected chi connectivity index (χ2v) is 4.40. The molecule has 1 amide bonds. The zero-order valence-electron chi connectivity index (χ0n) is 11.0. The molecule has 0 saturated heterocycles. The van der Waals surface area contributed by atoms with Gasteiger partial charge in [-0.15, -0.1) is 0 Å². The van der Waals surface area contributed by atoms with E-state index >= 15 is 0 Å². The normalized spacial score (nSPS) is 11.7. The highest BCUT2D eigenvalue weighted by atomic mass is 19.1. The highest BCUT2D eigenvalue weighted by Gasteiger charge is 2.21. The number of nitrogens with one attached hydrogen (secondary N) is 1. The van der Waals surface area contributed by atoms with E-state index in [2.05, 4.69) is 10.3 Å². The molecule has 21 heavy (non-hydrogen) atoms. The summed E-state index contributed by atoms with van der Waals surface area (Å²) in [7, 11) is 0. The van der Waals surface area contributed by atoms with E-state index in [1.54, 1.807) is 24.3 Å². The van der Waals surface area contributed by atoms with Crippen molar-refractivity contribution in [3.05, 3.63) is 65.7 Å². The lowest BCUT2D eigenvalue weighted by Gasteiger charge is -2.14. The van der Waals surface area contributed by atoms with Crippen LogP contribution in [0.4, 0.5) is 4.39 Å². The Hall–Kier alpha value is -2.76. The monoisotopic (exact) mass is 288 g/mol. The maximum Gasteiger partial charge on any atom is 0.326 e. The fraction of sp³-hybridized carbons (Fsp3) is 0.133. The van der Waals surface area contributed by atoms with Crippen LogP contribution in [0.5, 0.6) is 0 Å². The molecule has 1 heterocycles. The smallest absolute Gasteiger partial charge is 0.326 e. The van der Waals surface area contributed by atoms with Crippen LogP contribution in [0.15, 0.2) is 48.5 Å². The van der Waals surface area contributed by atoms with Crippen molar-refractivity contribution in [1.82, 2.24) is 10.3 Å². The summed E-state index contributed by atoms with van der Waals surface area (Å²) in [5.74, 6) is -2.68. The van der Waals surface area contributed by atoms with Crippen molar-refractivity contribution < 1.29 is 19.1 Å². The van der Waals surface area contributed by atoms with Gasteiger partial charge in [-0.25, -0.2) is 9.78 Å². The first-order valence-electron chi connectivity index (χ1n) is 6.26. The van der Waals surface area contributed by atoms with Gasteiger partial charge in [-0.1, -0.05) is 36.4 Å². The Bertz CT molecular complexity index is 646. The molecule has 0 spiro atoms. The summed E-state index contributed by atoms with van der Waals surface area (Å²) in [6.45, 7) is 0. The number of rotatable bonds is 5. The number of aromatic nitrogens is 1. The molecule has 6 heteroatoms. The number of hydrogen-bond acceptors (Lipinski definition) is 3. The van der Waals surface area contributed by atoms with Gasteiger partial charge in [0.2, 0.25) is 5.95 Å². The number of nitrogens with zero attached hydrogens (tertiary/aromatic N) is 1. The van der Waals surface area contributed by atoms with Crippen LogP contribution in [-0.4, -0.2) is 28.0 Å². The Labute approximate surface area is 120 Å². The van der Waals surface area contributed by atoms with Crippen LogP contribution in [0, 0.1) is 5.95 Å². The van der Waals surface area contributed by atoms with Gasteiger partial charge in [-0.2, -0.15) is 4.39 Å². The number of carbonyl (C=O) groups is 2. The molecule has 5 nitrogen and oxygen atoms in total. The molecule has 0 aliphatic rings. The van der Waals surface area contributed by atoms with E-state index in [1.807, 2.05) is 6.07 Å². The molecule has 0 fully saturated rings. The maximum absolute atomic E-state index is 13.0. The van der Waals surface area contributed by atoms with Gasteiger partial charge in [-0.3, -0.25) is 4.79 Å². The molecule has 0 bridgehead atoms. The van der Waals surface area contributed by atoms with E-state index in [4.69, 9.17) is 0 Å². The Morgan fingerprint density at radius 1 is 1.14 bits per heavy atom. The standard InChI is InChI=1S/C15H13FN2O3/c16-13-8-4-7-11(17-13)14(19)18-12(15(20)21)9-10-5-2-1-3-6-10/h1-8,12H,9H2,(H,18,19)(H,20,21)/t12-/m0/s1. The Morgan fingerprint density at radius 2 is 1.86 bits per heavy atom. The average Bonchev–Trinajstić information content (AvgIpc) is 2.47. The van der Waals surface area contributed by atoms with Crippen LogP contribution < -0.4 is 5.32 Å². The first-order chi connectivity index (χ1) is 10.1. The molecule has 2 rings (SSSR count). The summed E-state index contributed by atoms with van der Waals surface area (Å²) in [6, 6.07) is 11.6. The Kier molecular flexibility index (Phi) is 4.61. The first-order valence-corrected chi connectivity index (χ1v) is 6.26. The molecular weight excluding hydrogens is 275 g/mol. The predicted molar refractivity (Wildman–Crippen MR) is 73.2 cm³/mol. The van der Waals surface area contributed by atoms with E-state index < -0.39 is 23.9 Å². The number of halogens is 1. The van der Waals surface area contributed by atoms with Gasteiger partial charge in [0, 0.05) is 6.42 Å². The number of amides is 1. The highest BCUT2D eigenvalue weighted by molar-refractivity contribution is 5.94. The molecule has 1 atom stereocenters. The molecule has 2 aromatic rings. The summed E-state index contributed by atoms with van der Waals surface area (Å²) < 4.78 is 13.0. The molecule has 0 aliphatic carbocycles. The fourth-order valence-electron chi connectivity index (χ4n) is 1.82. The van der Waals surface area contributed by atoms with Gasteiger partial charge in [0.15, 0.2) is 0 Å². The second-order valence-electron chi connectivity index (χ2n) is 4.40. The average molecular weight is 288 g/mol. The maximum atomic E-state index is 13.0. The van der Waals surface area contributed by atoms with Gasteiger partial charge >= 0.3 is 5.97 Å². The van der Waals surface area contributed by atoms with Crippen LogP contribution in [-0.2, 0) is 11.2 Å². The van der Waals surface area contributed by atoms with E-state index in [1.165, 1.54) is 12.1 Å². The number of benzene rings is 1. The molecule has 2 N–H and O–H groups in total. The third-order valence-electron chi connectivity index (χ3n) is 2.83. The number of carboxylic acids is 1. The van der Waals surface area contributed by atoms with Crippen molar-refractivity contribution in [3.63, 3.8) is 0 Å². The summed E-state index contributed by atoms with van der Waals surface area (Å²) >= 11 is 0. The number of aliphatic carboxylic acids is 1. The number of pyridine rings is 1. The van der Waals surface area contributed by atoms with Crippen molar-refractivity contribution in [2.45, 2.75) is 12.5 Å². The summed E-state index contributed by atoms with van der Waals surface area (Å²) in [5.41, 5.74) is 0.617. The lowest BCUT2D eigenvalue weighted by atomic mass is 10.1. The van der Waals surface area contributed by atoms with Crippen molar-refractivity contribution >= 4 is 11.9 Å².